The fourth-order valence-corrected chi connectivity index (χ4v) is 2.08. The van der Waals surface area contributed by atoms with Crippen LogP contribution in [0.25, 0.3) is 0 Å². The highest BCUT2D eigenvalue weighted by Crippen LogP contribution is 2.04. The smallest absolute Gasteiger partial charge is 0.242 e. The van der Waals surface area contributed by atoms with Crippen molar-refractivity contribution in [1.82, 2.24) is 9.71 Å². The minimum Gasteiger partial charge on any atom is -0.379 e. The first-order valence-corrected chi connectivity index (χ1v) is 6.72. The minimum atomic E-state index is -3.47. The molecule has 1 rings (SSSR count). The van der Waals surface area contributed by atoms with Crippen LogP contribution in [0.2, 0.25) is 0 Å². The maximum absolute atomic E-state index is 11.6. The maximum Gasteiger partial charge on any atom is 0.242 e. The molecule has 7 heteroatoms. The fourth-order valence-electron chi connectivity index (χ4n) is 0.994. The summed E-state index contributed by atoms with van der Waals surface area (Å²) in [6.45, 7) is 0.927. The highest BCUT2D eigenvalue weighted by Gasteiger charge is 2.12. The topological polar surface area (TPSA) is 68.3 Å². The average molecular weight is 265 g/mol. The number of nitrogens with zero attached hydrogens (tertiary/aromatic N) is 1. The molecule has 1 heterocycles. The molecule has 16 heavy (non-hydrogen) atoms. The normalized spacial score (nSPS) is 11.6. The highest BCUT2D eigenvalue weighted by molar-refractivity contribution is 7.89. The second-order valence-corrected chi connectivity index (χ2v) is 5.03. The molecule has 0 aromatic carbocycles. The average Bonchev–Trinajstić information content (AvgIpc) is 2.30. The van der Waals surface area contributed by atoms with Gasteiger partial charge < -0.3 is 4.74 Å². The van der Waals surface area contributed by atoms with E-state index in [9.17, 15) is 8.42 Å². The Morgan fingerprint density at radius 3 is 2.88 bits per heavy atom. The second kappa shape index (κ2) is 6.80. The summed E-state index contributed by atoms with van der Waals surface area (Å²) >= 11 is 5.39. The van der Waals surface area contributed by atoms with E-state index in [4.69, 9.17) is 16.3 Å². The first kappa shape index (κ1) is 13.4. The number of halogens is 1. The summed E-state index contributed by atoms with van der Waals surface area (Å²) < 4.78 is 30.7. The number of alkyl halides is 1. The summed E-state index contributed by atoms with van der Waals surface area (Å²) in [6.07, 6.45) is 2.81. The van der Waals surface area contributed by atoms with Crippen LogP contribution in [0, 0.1) is 0 Å². The van der Waals surface area contributed by atoms with Crippen molar-refractivity contribution in [2.45, 2.75) is 4.90 Å². The van der Waals surface area contributed by atoms with Gasteiger partial charge in [0, 0.05) is 24.8 Å². The first-order valence-electron chi connectivity index (χ1n) is 4.70. The van der Waals surface area contributed by atoms with E-state index in [0.717, 1.165) is 0 Å². The largest absolute Gasteiger partial charge is 0.379 e. The van der Waals surface area contributed by atoms with Gasteiger partial charge in [0.1, 0.15) is 4.90 Å². The number of aromatic nitrogens is 1. The molecule has 90 valence electrons. The Bertz CT molecular complexity index is 396. The van der Waals surface area contributed by atoms with Crippen molar-refractivity contribution in [3.63, 3.8) is 0 Å². The van der Waals surface area contributed by atoms with E-state index in [1.807, 2.05) is 0 Å². The van der Waals surface area contributed by atoms with Gasteiger partial charge in [0.2, 0.25) is 10.0 Å². The van der Waals surface area contributed by atoms with Crippen LogP contribution in [0.4, 0.5) is 0 Å². The standard InChI is InChI=1S/C9H13ClN2O3S/c10-3-6-15-7-5-12-16(13,14)9-2-1-4-11-8-9/h1-2,4,8,12H,3,5-7H2. The number of pyridine rings is 1. The Balaban J connectivity index is 2.41. The Morgan fingerprint density at radius 2 is 2.25 bits per heavy atom. The lowest BCUT2D eigenvalue weighted by molar-refractivity contribution is 0.155. The zero-order valence-corrected chi connectivity index (χ0v) is 10.2. The van der Waals surface area contributed by atoms with E-state index in [-0.39, 0.29) is 11.4 Å². The molecule has 0 aliphatic carbocycles. The molecule has 0 aliphatic heterocycles. The molecular weight excluding hydrogens is 252 g/mol. The van der Waals surface area contributed by atoms with Gasteiger partial charge in [0.25, 0.3) is 0 Å². The van der Waals surface area contributed by atoms with E-state index in [2.05, 4.69) is 9.71 Å². The van der Waals surface area contributed by atoms with Gasteiger partial charge in [0.05, 0.1) is 13.2 Å². The molecule has 0 spiro atoms. The van der Waals surface area contributed by atoms with Crippen LogP contribution in [0.15, 0.2) is 29.4 Å². The molecular formula is C9H13ClN2O3S. The zero-order valence-electron chi connectivity index (χ0n) is 8.60. The molecule has 0 unspecified atom stereocenters. The Hall–Kier alpha value is -0.690. The summed E-state index contributed by atoms with van der Waals surface area (Å²) in [5.41, 5.74) is 0. The van der Waals surface area contributed by atoms with Gasteiger partial charge in [-0.3, -0.25) is 4.98 Å². The Labute approximate surface area is 99.8 Å². The molecule has 1 N–H and O–H groups in total. The number of ether oxygens (including phenoxy) is 1. The predicted octanol–water partition coefficient (Wildman–Crippen LogP) is 0.615. The monoisotopic (exact) mass is 264 g/mol. The molecule has 0 atom stereocenters. The quantitative estimate of drug-likeness (QED) is 0.579. The number of hydrogen-bond donors (Lipinski definition) is 1. The van der Waals surface area contributed by atoms with Gasteiger partial charge in [-0.05, 0) is 12.1 Å². The van der Waals surface area contributed by atoms with Gasteiger partial charge in [0.15, 0.2) is 0 Å². The number of nitrogens with one attached hydrogen (secondary N) is 1. The molecule has 0 amide bonds. The molecule has 1 aromatic rings. The van der Waals surface area contributed by atoms with Crippen molar-refractivity contribution in [3.05, 3.63) is 24.5 Å². The molecule has 0 saturated heterocycles. The molecule has 0 aliphatic rings. The summed E-state index contributed by atoms with van der Waals surface area (Å²) in [5.74, 6) is 0.398. The highest BCUT2D eigenvalue weighted by atomic mass is 35.5. The summed E-state index contributed by atoms with van der Waals surface area (Å²) in [6, 6.07) is 3.05. The van der Waals surface area contributed by atoms with E-state index in [1.54, 1.807) is 6.07 Å². The molecule has 5 nitrogen and oxygen atoms in total. The lowest BCUT2D eigenvalue weighted by atomic mass is 10.5. The lowest BCUT2D eigenvalue weighted by Crippen LogP contribution is -2.27. The molecule has 1 aromatic heterocycles. The maximum atomic E-state index is 11.6. The minimum absolute atomic E-state index is 0.146. The van der Waals surface area contributed by atoms with Crippen molar-refractivity contribution in [2.75, 3.05) is 25.6 Å². The Kier molecular flexibility index (Phi) is 5.68. The molecule has 0 saturated carbocycles. The molecule has 0 radical (unpaired) electrons. The van der Waals surface area contributed by atoms with Crippen LogP contribution in [0.1, 0.15) is 0 Å². The summed E-state index contributed by atoms with van der Waals surface area (Å²) in [5, 5.41) is 0. The van der Waals surface area contributed by atoms with Crippen LogP contribution in [-0.4, -0.2) is 39.0 Å². The van der Waals surface area contributed by atoms with Crippen molar-refractivity contribution >= 4 is 21.6 Å². The van der Waals surface area contributed by atoms with Crippen LogP contribution in [-0.2, 0) is 14.8 Å². The molecule has 0 fully saturated rings. The summed E-state index contributed by atoms with van der Waals surface area (Å²) in [4.78, 5) is 3.89. The van der Waals surface area contributed by atoms with E-state index in [0.29, 0.717) is 19.1 Å². The SMILES string of the molecule is O=S(=O)(NCCOCCCl)c1cccnc1. The third-order valence-electron chi connectivity index (χ3n) is 1.70. The third-order valence-corrected chi connectivity index (χ3v) is 3.31. The van der Waals surface area contributed by atoms with Gasteiger partial charge in [-0.25, -0.2) is 13.1 Å². The fraction of sp³-hybridized carbons (Fsp3) is 0.444. The van der Waals surface area contributed by atoms with Crippen LogP contribution in [0.5, 0.6) is 0 Å². The van der Waals surface area contributed by atoms with Crippen molar-refractivity contribution < 1.29 is 13.2 Å². The van der Waals surface area contributed by atoms with E-state index < -0.39 is 10.0 Å². The first-order chi connectivity index (χ1) is 7.67. The van der Waals surface area contributed by atoms with Gasteiger partial charge in [-0.1, -0.05) is 0 Å². The molecule has 0 bridgehead atoms. The summed E-state index contributed by atoms with van der Waals surface area (Å²) in [7, 11) is -3.47. The van der Waals surface area contributed by atoms with Crippen molar-refractivity contribution in [3.8, 4) is 0 Å². The lowest BCUT2D eigenvalue weighted by Gasteiger charge is -2.06. The van der Waals surface area contributed by atoms with E-state index in [1.165, 1.54) is 18.5 Å². The van der Waals surface area contributed by atoms with Crippen molar-refractivity contribution in [2.24, 2.45) is 0 Å². The van der Waals surface area contributed by atoms with Crippen LogP contribution >= 0.6 is 11.6 Å². The third kappa shape index (κ3) is 4.44. The Morgan fingerprint density at radius 1 is 1.44 bits per heavy atom. The number of sulfonamides is 1. The van der Waals surface area contributed by atoms with Crippen LogP contribution in [0.3, 0.4) is 0 Å². The second-order valence-electron chi connectivity index (χ2n) is 2.89. The van der Waals surface area contributed by atoms with E-state index >= 15 is 0 Å². The van der Waals surface area contributed by atoms with Gasteiger partial charge in [-0.15, -0.1) is 11.6 Å². The number of hydrogen-bond acceptors (Lipinski definition) is 4. The number of rotatable bonds is 7. The van der Waals surface area contributed by atoms with Crippen LogP contribution < -0.4 is 4.72 Å². The predicted molar refractivity (Wildman–Crippen MR) is 61.0 cm³/mol. The zero-order chi connectivity index (χ0) is 11.9. The van der Waals surface area contributed by atoms with Gasteiger partial charge >= 0.3 is 0 Å². The van der Waals surface area contributed by atoms with Gasteiger partial charge in [-0.2, -0.15) is 0 Å². The van der Waals surface area contributed by atoms with Crippen molar-refractivity contribution in [1.29, 1.82) is 0 Å².